The smallest absolute Gasteiger partial charge is 0.359 e. The number of fused-ring (bicyclic) bond motifs is 1. The quantitative estimate of drug-likeness (QED) is 0.407. The maximum Gasteiger partial charge on any atom is 0.359 e. The molecule has 2 aromatic carbocycles. The number of nitro benzene ring substituents is 1. The molecule has 1 atom stereocenters. The van der Waals surface area contributed by atoms with Crippen LogP contribution in [0.3, 0.4) is 0 Å². The van der Waals surface area contributed by atoms with E-state index in [4.69, 9.17) is 4.74 Å². The van der Waals surface area contributed by atoms with Gasteiger partial charge in [-0.3, -0.25) is 19.9 Å². The van der Waals surface area contributed by atoms with E-state index in [1.165, 1.54) is 13.1 Å². The summed E-state index contributed by atoms with van der Waals surface area (Å²) >= 11 is 0. The zero-order valence-electron chi connectivity index (χ0n) is 14.5. The third-order valence-corrected chi connectivity index (χ3v) is 3.72. The minimum atomic E-state index is -1.23. The van der Waals surface area contributed by atoms with Gasteiger partial charge in [-0.2, -0.15) is 4.39 Å². The summed E-state index contributed by atoms with van der Waals surface area (Å²) in [6.07, 6.45) is 0.00315. The molecule has 0 spiro atoms. The van der Waals surface area contributed by atoms with Gasteiger partial charge in [0, 0.05) is 11.8 Å². The molecule has 3 aromatic rings. The highest BCUT2D eigenvalue weighted by atomic mass is 19.1. The van der Waals surface area contributed by atoms with Crippen molar-refractivity contribution in [2.45, 2.75) is 13.0 Å². The summed E-state index contributed by atoms with van der Waals surface area (Å²) in [7, 11) is 0. The van der Waals surface area contributed by atoms with Gasteiger partial charge in [-0.25, -0.2) is 9.78 Å². The first-order valence-corrected chi connectivity index (χ1v) is 8.02. The molecule has 0 fully saturated rings. The molecule has 0 saturated carbocycles. The predicted molar refractivity (Wildman–Crippen MR) is 96.1 cm³/mol. The molecule has 1 aromatic heterocycles. The van der Waals surface area contributed by atoms with Gasteiger partial charge >= 0.3 is 11.7 Å². The summed E-state index contributed by atoms with van der Waals surface area (Å²) in [6, 6.07) is 9.81. The second kappa shape index (κ2) is 7.74. The van der Waals surface area contributed by atoms with Gasteiger partial charge in [-0.1, -0.05) is 12.1 Å². The van der Waals surface area contributed by atoms with Gasteiger partial charge < -0.3 is 10.1 Å². The Kier molecular flexibility index (Phi) is 5.21. The first-order chi connectivity index (χ1) is 13.3. The molecule has 0 aliphatic rings. The molecule has 0 aliphatic carbocycles. The van der Waals surface area contributed by atoms with E-state index in [-0.39, 0.29) is 11.4 Å². The Hall–Kier alpha value is -3.95. The van der Waals surface area contributed by atoms with Gasteiger partial charge in [-0.05, 0) is 31.2 Å². The number of anilines is 1. The van der Waals surface area contributed by atoms with Crippen molar-refractivity contribution in [1.29, 1.82) is 0 Å². The van der Waals surface area contributed by atoms with Crippen molar-refractivity contribution in [2.24, 2.45) is 0 Å². The van der Waals surface area contributed by atoms with Crippen LogP contribution in [0.25, 0.3) is 11.0 Å². The SMILES string of the molecule is C[C@H](OC(=O)c1cnc2ccccc2n1)C(=O)Nc1ccc(F)c([N+](=O)[O-])c1. The zero-order chi connectivity index (χ0) is 20.3. The summed E-state index contributed by atoms with van der Waals surface area (Å²) in [5.41, 5.74) is 0.228. The Balaban J connectivity index is 1.68. The van der Waals surface area contributed by atoms with E-state index in [0.29, 0.717) is 11.0 Å². The van der Waals surface area contributed by atoms with Crippen molar-refractivity contribution >= 4 is 34.3 Å². The number of nitro groups is 1. The molecule has 10 heteroatoms. The zero-order valence-corrected chi connectivity index (χ0v) is 14.5. The lowest BCUT2D eigenvalue weighted by atomic mass is 10.2. The van der Waals surface area contributed by atoms with E-state index < -0.39 is 34.4 Å². The summed E-state index contributed by atoms with van der Waals surface area (Å²) in [5, 5.41) is 13.1. The highest BCUT2D eigenvalue weighted by Crippen LogP contribution is 2.22. The summed E-state index contributed by atoms with van der Waals surface area (Å²) < 4.78 is 18.4. The molecular formula is C18H13FN4O5. The van der Waals surface area contributed by atoms with Crippen LogP contribution in [0.2, 0.25) is 0 Å². The number of carbonyl (C=O) groups is 2. The Morgan fingerprint density at radius 1 is 1.21 bits per heavy atom. The van der Waals surface area contributed by atoms with Crippen LogP contribution in [0.15, 0.2) is 48.7 Å². The highest BCUT2D eigenvalue weighted by molar-refractivity contribution is 5.97. The maximum atomic E-state index is 13.4. The third kappa shape index (κ3) is 4.06. The van der Waals surface area contributed by atoms with Crippen LogP contribution in [0.5, 0.6) is 0 Å². The number of carbonyl (C=O) groups excluding carboxylic acids is 2. The van der Waals surface area contributed by atoms with Crippen molar-refractivity contribution in [3.05, 3.63) is 70.3 Å². The Labute approximate surface area is 157 Å². The van der Waals surface area contributed by atoms with Crippen LogP contribution in [0, 0.1) is 15.9 Å². The molecule has 0 aliphatic heterocycles. The first kappa shape index (κ1) is 18.8. The topological polar surface area (TPSA) is 124 Å². The second-order valence-electron chi connectivity index (χ2n) is 5.70. The van der Waals surface area contributed by atoms with E-state index in [2.05, 4.69) is 15.3 Å². The number of esters is 1. The van der Waals surface area contributed by atoms with E-state index in [1.807, 2.05) is 0 Å². The molecule has 1 N–H and O–H groups in total. The molecule has 0 radical (unpaired) electrons. The maximum absolute atomic E-state index is 13.4. The van der Waals surface area contributed by atoms with Crippen molar-refractivity contribution in [1.82, 2.24) is 9.97 Å². The number of rotatable bonds is 5. The number of hydrogen-bond donors (Lipinski definition) is 1. The lowest BCUT2D eigenvalue weighted by Crippen LogP contribution is -2.30. The monoisotopic (exact) mass is 384 g/mol. The van der Waals surface area contributed by atoms with Crippen LogP contribution in [-0.4, -0.2) is 32.9 Å². The summed E-state index contributed by atoms with van der Waals surface area (Å²) in [4.78, 5) is 42.4. The minimum Gasteiger partial charge on any atom is -0.448 e. The van der Waals surface area contributed by atoms with E-state index in [0.717, 1.165) is 18.2 Å². The molecule has 1 heterocycles. The van der Waals surface area contributed by atoms with Crippen LogP contribution in [0.1, 0.15) is 17.4 Å². The van der Waals surface area contributed by atoms with Gasteiger partial charge in [0.1, 0.15) is 0 Å². The number of hydrogen-bond acceptors (Lipinski definition) is 7. The van der Waals surface area contributed by atoms with Crippen LogP contribution < -0.4 is 5.32 Å². The summed E-state index contributed by atoms with van der Waals surface area (Å²) in [6.45, 7) is 1.32. The first-order valence-electron chi connectivity index (χ1n) is 8.02. The van der Waals surface area contributed by atoms with E-state index in [9.17, 15) is 24.1 Å². The fourth-order valence-corrected chi connectivity index (χ4v) is 2.30. The Morgan fingerprint density at radius 3 is 2.64 bits per heavy atom. The lowest BCUT2D eigenvalue weighted by molar-refractivity contribution is -0.387. The molecule has 9 nitrogen and oxygen atoms in total. The van der Waals surface area contributed by atoms with Gasteiger partial charge in [0.15, 0.2) is 11.8 Å². The fourth-order valence-electron chi connectivity index (χ4n) is 2.30. The molecule has 142 valence electrons. The normalized spacial score (nSPS) is 11.6. The molecule has 3 rings (SSSR count). The summed E-state index contributed by atoms with van der Waals surface area (Å²) in [5.74, 6) is -2.63. The van der Waals surface area contributed by atoms with Crippen LogP contribution in [-0.2, 0) is 9.53 Å². The van der Waals surface area contributed by atoms with Gasteiger partial charge in [0.2, 0.25) is 5.82 Å². The number of amides is 1. The van der Waals surface area contributed by atoms with E-state index >= 15 is 0 Å². The number of nitrogens with one attached hydrogen (secondary N) is 1. The molecule has 1 amide bonds. The Morgan fingerprint density at radius 2 is 1.93 bits per heavy atom. The molecule has 0 unspecified atom stereocenters. The number of nitrogens with zero attached hydrogens (tertiary/aromatic N) is 3. The largest absolute Gasteiger partial charge is 0.448 e. The average Bonchev–Trinajstić information content (AvgIpc) is 2.68. The van der Waals surface area contributed by atoms with Crippen molar-refractivity contribution in [2.75, 3.05) is 5.32 Å². The number of halogens is 1. The Bertz CT molecular complexity index is 1090. The van der Waals surface area contributed by atoms with Crippen LogP contribution in [0.4, 0.5) is 15.8 Å². The third-order valence-electron chi connectivity index (χ3n) is 3.72. The lowest BCUT2D eigenvalue weighted by Gasteiger charge is -2.13. The second-order valence-corrected chi connectivity index (χ2v) is 5.70. The van der Waals surface area contributed by atoms with Crippen LogP contribution >= 0.6 is 0 Å². The van der Waals surface area contributed by atoms with Gasteiger partial charge in [0.25, 0.3) is 5.91 Å². The number of aromatic nitrogens is 2. The minimum absolute atomic E-state index is 0.00787. The van der Waals surface area contributed by atoms with Gasteiger partial charge in [-0.15, -0.1) is 0 Å². The standard InChI is InChI=1S/C18H13FN4O5/c1-10(17(24)21-11-6-7-12(19)16(8-11)23(26)27)28-18(25)15-9-20-13-4-2-3-5-14(13)22-15/h2-10H,1H3,(H,21,24)/t10-/m0/s1. The number of para-hydroxylation sites is 2. The number of benzene rings is 2. The molecule has 28 heavy (non-hydrogen) atoms. The predicted octanol–water partition coefficient (Wildman–Crippen LogP) is 2.86. The van der Waals surface area contributed by atoms with Crippen molar-refractivity contribution in [3.63, 3.8) is 0 Å². The fraction of sp³-hybridized carbons (Fsp3) is 0.111. The van der Waals surface area contributed by atoms with Gasteiger partial charge in [0.05, 0.1) is 22.2 Å². The molecular weight excluding hydrogens is 371 g/mol. The molecule has 0 bridgehead atoms. The van der Waals surface area contributed by atoms with Crippen molar-refractivity contribution in [3.8, 4) is 0 Å². The van der Waals surface area contributed by atoms with Crippen molar-refractivity contribution < 1.29 is 23.6 Å². The number of ether oxygens (including phenoxy) is 1. The average molecular weight is 384 g/mol. The molecule has 0 saturated heterocycles. The van der Waals surface area contributed by atoms with E-state index in [1.54, 1.807) is 24.3 Å². The highest BCUT2D eigenvalue weighted by Gasteiger charge is 2.22.